The highest BCUT2D eigenvalue weighted by Gasteiger charge is 2.29. The van der Waals surface area contributed by atoms with E-state index in [-0.39, 0.29) is 23.2 Å². The maximum atomic E-state index is 13.4. The molecule has 2 aromatic rings. The summed E-state index contributed by atoms with van der Waals surface area (Å²) in [7, 11) is 0. The summed E-state index contributed by atoms with van der Waals surface area (Å²) < 4.78 is 14.9. The van der Waals surface area contributed by atoms with Crippen LogP contribution in [0, 0.1) is 21.8 Å². The number of amides is 1. The number of thioether (sulfide) groups is 1. The minimum atomic E-state index is -0.975. The number of benzene rings is 1. The van der Waals surface area contributed by atoms with Gasteiger partial charge in [-0.3, -0.25) is 24.3 Å². The molecule has 2 heterocycles. The molecule has 28 heavy (non-hydrogen) atoms. The fraction of sp³-hybridized carbons (Fsp3) is 0.389. The minimum Gasteiger partial charge on any atom is -0.326 e. The Morgan fingerprint density at radius 3 is 2.75 bits per heavy atom. The van der Waals surface area contributed by atoms with Crippen LogP contribution in [0.4, 0.5) is 15.8 Å². The number of fused-ring (bicyclic) bond motifs is 1. The number of nitro benzene ring substituents is 1. The summed E-state index contributed by atoms with van der Waals surface area (Å²) in [5, 5.41) is 14.0. The highest BCUT2D eigenvalue weighted by molar-refractivity contribution is 7.99. The molecule has 1 amide bonds. The van der Waals surface area contributed by atoms with E-state index in [0.717, 1.165) is 12.1 Å². The van der Waals surface area contributed by atoms with Gasteiger partial charge in [0.2, 0.25) is 11.7 Å². The highest BCUT2D eigenvalue weighted by Crippen LogP contribution is 2.29. The fourth-order valence-corrected chi connectivity index (χ4v) is 3.82. The summed E-state index contributed by atoms with van der Waals surface area (Å²) in [6.45, 7) is 6.07. The topological polar surface area (TPSA) is 107 Å². The Morgan fingerprint density at radius 1 is 1.39 bits per heavy atom. The van der Waals surface area contributed by atoms with Gasteiger partial charge in [0.15, 0.2) is 5.16 Å². The molecule has 1 aromatic carbocycles. The van der Waals surface area contributed by atoms with Crippen molar-refractivity contribution < 1.29 is 14.1 Å². The average molecular weight is 406 g/mol. The molecule has 1 N–H and O–H groups in total. The van der Waals surface area contributed by atoms with Crippen LogP contribution in [-0.2, 0) is 16.8 Å². The molecule has 148 valence electrons. The molecule has 0 aliphatic carbocycles. The Balaban J connectivity index is 1.79. The molecule has 0 fully saturated rings. The standard InChI is InChI=1S/C18H19FN4O4S/c1-18(2,3)14-7-15(24)22-8-10(9-28-17(22)21-14)16(25)20-11-4-5-12(19)13(6-11)23(26)27/h4-7,10H,8-9H2,1-3H3,(H,20,25). The average Bonchev–Trinajstić information content (AvgIpc) is 2.62. The normalized spacial score (nSPS) is 16.4. The number of hydrogen-bond acceptors (Lipinski definition) is 6. The molecule has 0 saturated heterocycles. The Hall–Kier alpha value is -2.75. The van der Waals surface area contributed by atoms with Crippen molar-refractivity contribution in [3.63, 3.8) is 0 Å². The van der Waals surface area contributed by atoms with Crippen molar-refractivity contribution in [3.8, 4) is 0 Å². The van der Waals surface area contributed by atoms with E-state index in [1.165, 1.54) is 28.5 Å². The first-order valence-electron chi connectivity index (χ1n) is 8.56. The molecule has 1 unspecified atom stereocenters. The van der Waals surface area contributed by atoms with E-state index >= 15 is 0 Å². The molecule has 0 saturated carbocycles. The van der Waals surface area contributed by atoms with E-state index in [1.54, 1.807) is 0 Å². The molecule has 10 heteroatoms. The number of aromatic nitrogens is 2. The van der Waals surface area contributed by atoms with Gasteiger partial charge in [0.1, 0.15) is 0 Å². The van der Waals surface area contributed by atoms with Gasteiger partial charge in [0.05, 0.1) is 16.5 Å². The van der Waals surface area contributed by atoms with Crippen molar-refractivity contribution in [2.24, 2.45) is 5.92 Å². The second-order valence-corrected chi connectivity index (χ2v) is 8.53. The van der Waals surface area contributed by atoms with Crippen molar-refractivity contribution >= 4 is 29.0 Å². The van der Waals surface area contributed by atoms with E-state index in [9.17, 15) is 24.1 Å². The van der Waals surface area contributed by atoms with E-state index in [2.05, 4.69) is 10.3 Å². The second kappa shape index (κ2) is 7.34. The number of halogens is 1. The smallest absolute Gasteiger partial charge is 0.306 e. The van der Waals surface area contributed by atoms with Crippen LogP contribution >= 0.6 is 11.8 Å². The Bertz CT molecular complexity index is 1020. The second-order valence-electron chi connectivity index (χ2n) is 7.54. The lowest BCUT2D eigenvalue weighted by atomic mass is 9.92. The predicted octanol–water partition coefficient (Wildman–Crippen LogP) is 2.95. The van der Waals surface area contributed by atoms with Crippen LogP contribution in [0.1, 0.15) is 26.5 Å². The van der Waals surface area contributed by atoms with Gasteiger partial charge in [-0.05, 0) is 12.1 Å². The van der Waals surface area contributed by atoms with Gasteiger partial charge >= 0.3 is 5.69 Å². The number of nitrogens with one attached hydrogen (secondary N) is 1. The zero-order chi connectivity index (χ0) is 20.6. The molecule has 0 spiro atoms. The molecule has 3 rings (SSSR count). The van der Waals surface area contributed by atoms with Crippen LogP contribution in [0.2, 0.25) is 0 Å². The molecule has 0 bridgehead atoms. The van der Waals surface area contributed by atoms with Crippen LogP contribution in [0.15, 0.2) is 34.2 Å². The highest BCUT2D eigenvalue weighted by atomic mass is 32.2. The van der Waals surface area contributed by atoms with E-state index in [4.69, 9.17) is 0 Å². The molecule has 0 radical (unpaired) electrons. The monoisotopic (exact) mass is 406 g/mol. The predicted molar refractivity (Wildman–Crippen MR) is 103 cm³/mol. The van der Waals surface area contributed by atoms with Gasteiger partial charge in [-0.25, -0.2) is 4.98 Å². The molecule has 1 aliphatic heterocycles. The summed E-state index contributed by atoms with van der Waals surface area (Å²) in [5.41, 5.74) is -0.380. The zero-order valence-corrected chi connectivity index (χ0v) is 16.4. The number of anilines is 1. The lowest BCUT2D eigenvalue weighted by Gasteiger charge is -2.26. The fourth-order valence-electron chi connectivity index (χ4n) is 2.73. The number of carbonyl (C=O) groups is 1. The lowest BCUT2D eigenvalue weighted by Crippen LogP contribution is -2.37. The minimum absolute atomic E-state index is 0.127. The van der Waals surface area contributed by atoms with E-state index in [0.29, 0.717) is 16.6 Å². The first-order valence-corrected chi connectivity index (χ1v) is 9.55. The van der Waals surface area contributed by atoms with E-state index in [1.807, 2.05) is 20.8 Å². The van der Waals surface area contributed by atoms with Gasteiger partial charge in [0, 0.05) is 35.5 Å². The largest absolute Gasteiger partial charge is 0.326 e. The number of rotatable bonds is 3. The maximum absolute atomic E-state index is 13.4. The molecular weight excluding hydrogens is 387 g/mol. The van der Waals surface area contributed by atoms with Crippen LogP contribution in [0.5, 0.6) is 0 Å². The summed E-state index contributed by atoms with van der Waals surface area (Å²) in [6.07, 6.45) is 0. The number of nitrogens with zero attached hydrogens (tertiary/aromatic N) is 3. The van der Waals surface area contributed by atoms with Gasteiger partial charge in [-0.15, -0.1) is 0 Å². The van der Waals surface area contributed by atoms with E-state index < -0.39 is 28.3 Å². The molecule has 1 atom stereocenters. The maximum Gasteiger partial charge on any atom is 0.306 e. The number of carbonyl (C=O) groups excluding carboxylic acids is 1. The molecule has 8 nitrogen and oxygen atoms in total. The van der Waals surface area contributed by atoms with Gasteiger partial charge in [-0.2, -0.15) is 4.39 Å². The quantitative estimate of drug-likeness (QED) is 0.477. The Morgan fingerprint density at radius 2 is 2.11 bits per heavy atom. The van der Waals surface area contributed by atoms with Crippen LogP contribution in [0.3, 0.4) is 0 Å². The molecular formula is C18H19FN4O4S. The van der Waals surface area contributed by atoms with Crippen LogP contribution < -0.4 is 10.9 Å². The Kier molecular flexibility index (Phi) is 5.24. The van der Waals surface area contributed by atoms with Crippen LogP contribution in [-0.4, -0.2) is 26.1 Å². The zero-order valence-electron chi connectivity index (χ0n) is 15.6. The summed E-state index contributed by atoms with van der Waals surface area (Å²) in [5.74, 6) is -1.49. The van der Waals surface area contributed by atoms with Gasteiger partial charge in [-0.1, -0.05) is 32.5 Å². The molecule has 1 aliphatic rings. The van der Waals surface area contributed by atoms with Gasteiger partial charge < -0.3 is 5.32 Å². The molecule has 1 aromatic heterocycles. The van der Waals surface area contributed by atoms with Crippen molar-refractivity contribution in [2.75, 3.05) is 11.1 Å². The van der Waals surface area contributed by atoms with Crippen molar-refractivity contribution in [1.82, 2.24) is 9.55 Å². The van der Waals surface area contributed by atoms with Crippen LogP contribution in [0.25, 0.3) is 0 Å². The van der Waals surface area contributed by atoms with Crippen molar-refractivity contribution in [2.45, 2.75) is 37.9 Å². The summed E-state index contributed by atoms with van der Waals surface area (Å²) >= 11 is 1.31. The summed E-state index contributed by atoms with van der Waals surface area (Å²) in [6, 6.07) is 4.64. The number of hydrogen-bond donors (Lipinski definition) is 1. The third-order valence-electron chi connectivity index (χ3n) is 4.34. The third-order valence-corrected chi connectivity index (χ3v) is 5.48. The Labute approximate surface area is 164 Å². The van der Waals surface area contributed by atoms with Crippen molar-refractivity contribution in [1.29, 1.82) is 0 Å². The SMILES string of the molecule is CC(C)(C)c1cc(=O)n2c(n1)SCC(C(=O)Nc1ccc(F)c([N+](=O)[O-])c1)C2. The van der Waals surface area contributed by atoms with Crippen molar-refractivity contribution in [3.05, 3.63) is 56.2 Å². The summed E-state index contributed by atoms with van der Waals surface area (Å²) in [4.78, 5) is 39.6. The third kappa shape index (κ3) is 4.06. The van der Waals surface area contributed by atoms with Gasteiger partial charge in [0.25, 0.3) is 5.56 Å². The lowest BCUT2D eigenvalue weighted by molar-refractivity contribution is -0.387. The number of nitro groups is 1. The first-order chi connectivity index (χ1) is 13.1. The first kappa shape index (κ1) is 20.0.